The maximum absolute atomic E-state index is 6.15. The minimum absolute atomic E-state index is 0.446. The van der Waals surface area contributed by atoms with Gasteiger partial charge in [-0.25, -0.2) is 4.98 Å². The molecule has 0 atom stereocenters. The highest BCUT2D eigenvalue weighted by molar-refractivity contribution is 5.77. The Morgan fingerprint density at radius 2 is 1.86 bits per heavy atom. The number of benzene rings is 1. The van der Waals surface area contributed by atoms with Gasteiger partial charge in [-0.3, -0.25) is 0 Å². The highest BCUT2D eigenvalue weighted by atomic mass is 16.5. The molecule has 4 heteroatoms. The van der Waals surface area contributed by atoms with Crippen LogP contribution in [0.25, 0.3) is 11.0 Å². The molecule has 0 unspecified atom stereocenters. The first kappa shape index (κ1) is 14.1. The maximum Gasteiger partial charge on any atom is 0.203 e. The Labute approximate surface area is 131 Å². The van der Waals surface area contributed by atoms with E-state index in [0.717, 1.165) is 55.4 Å². The summed E-state index contributed by atoms with van der Waals surface area (Å²) in [6.07, 6.45) is 8.22. The van der Waals surface area contributed by atoms with Gasteiger partial charge in [-0.1, -0.05) is 25.0 Å². The number of hydrogen-bond donors (Lipinski definition) is 1. The van der Waals surface area contributed by atoms with Gasteiger partial charge in [0, 0.05) is 19.7 Å². The van der Waals surface area contributed by atoms with Crippen molar-refractivity contribution in [1.29, 1.82) is 0 Å². The van der Waals surface area contributed by atoms with E-state index >= 15 is 0 Å². The van der Waals surface area contributed by atoms with Gasteiger partial charge in [0.1, 0.15) is 0 Å². The van der Waals surface area contributed by atoms with E-state index in [1.807, 2.05) is 12.1 Å². The number of imidazole rings is 1. The van der Waals surface area contributed by atoms with Crippen LogP contribution in [-0.4, -0.2) is 35.8 Å². The molecule has 1 saturated heterocycles. The number of ether oxygens (including phenoxy) is 1. The second-order valence-corrected chi connectivity index (χ2v) is 6.75. The largest absolute Gasteiger partial charge is 0.378 e. The van der Waals surface area contributed by atoms with Gasteiger partial charge in [-0.15, -0.1) is 0 Å². The molecule has 1 aromatic heterocycles. The van der Waals surface area contributed by atoms with Gasteiger partial charge in [0.05, 0.1) is 17.1 Å². The average Bonchev–Trinajstić information content (AvgIpc) is 3.22. The summed E-state index contributed by atoms with van der Waals surface area (Å²) >= 11 is 0. The van der Waals surface area contributed by atoms with Gasteiger partial charge in [0.15, 0.2) is 0 Å². The third kappa shape index (κ3) is 2.98. The molecule has 2 aliphatic rings. The smallest absolute Gasteiger partial charge is 0.203 e. The van der Waals surface area contributed by atoms with Crippen molar-refractivity contribution in [2.45, 2.75) is 44.6 Å². The lowest BCUT2D eigenvalue weighted by Gasteiger charge is -2.32. The minimum Gasteiger partial charge on any atom is -0.378 e. The Hall–Kier alpha value is -1.55. The number of H-pyrrole nitrogens is 1. The number of para-hydroxylation sites is 2. The van der Waals surface area contributed by atoms with E-state index in [1.54, 1.807) is 0 Å². The first-order valence-corrected chi connectivity index (χ1v) is 8.70. The number of anilines is 1. The van der Waals surface area contributed by atoms with E-state index in [9.17, 15) is 0 Å². The number of rotatable bonds is 4. The summed E-state index contributed by atoms with van der Waals surface area (Å²) in [6, 6.07) is 8.24. The quantitative estimate of drug-likeness (QED) is 0.935. The molecule has 1 aliphatic heterocycles. The molecule has 1 N–H and O–H groups in total. The van der Waals surface area contributed by atoms with Crippen molar-refractivity contribution in [2.24, 2.45) is 5.92 Å². The van der Waals surface area contributed by atoms with Crippen molar-refractivity contribution < 1.29 is 4.74 Å². The summed E-state index contributed by atoms with van der Waals surface area (Å²) in [4.78, 5) is 10.5. The van der Waals surface area contributed by atoms with E-state index < -0.39 is 0 Å². The molecule has 0 amide bonds. The van der Waals surface area contributed by atoms with E-state index in [0.29, 0.717) is 6.10 Å². The van der Waals surface area contributed by atoms with E-state index in [-0.39, 0.29) is 0 Å². The molecule has 0 bridgehead atoms. The van der Waals surface area contributed by atoms with Crippen LogP contribution in [0.3, 0.4) is 0 Å². The number of piperidine rings is 1. The maximum atomic E-state index is 6.15. The van der Waals surface area contributed by atoms with Crippen molar-refractivity contribution in [2.75, 3.05) is 24.6 Å². The fraction of sp³-hybridized carbons (Fsp3) is 0.611. The number of aromatic amines is 1. The van der Waals surface area contributed by atoms with Crippen molar-refractivity contribution >= 4 is 17.0 Å². The molecule has 1 aromatic carbocycles. The number of nitrogens with zero attached hydrogens (tertiary/aromatic N) is 2. The SMILES string of the molecule is c1ccc2[nH]c(N3CCC(OCC4CCCC4)CC3)nc2c1. The van der Waals surface area contributed by atoms with E-state index in [2.05, 4.69) is 22.0 Å². The van der Waals surface area contributed by atoms with Crippen LogP contribution in [0, 0.1) is 5.92 Å². The summed E-state index contributed by atoms with van der Waals surface area (Å²) in [5.41, 5.74) is 2.18. The molecule has 2 aromatic rings. The average molecular weight is 299 g/mol. The van der Waals surface area contributed by atoms with E-state index in [4.69, 9.17) is 9.72 Å². The fourth-order valence-corrected chi connectivity index (χ4v) is 3.77. The number of hydrogen-bond acceptors (Lipinski definition) is 3. The zero-order valence-electron chi connectivity index (χ0n) is 13.1. The molecular weight excluding hydrogens is 274 g/mol. The van der Waals surface area contributed by atoms with Crippen LogP contribution in [0.2, 0.25) is 0 Å². The van der Waals surface area contributed by atoms with Crippen molar-refractivity contribution in [3.63, 3.8) is 0 Å². The molecule has 1 aliphatic carbocycles. The Kier molecular flexibility index (Phi) is 4.02. The summed E-state index contributed by atoms with van der Waals surface area (Å²) < 4.78 is 6.15. The lowest BCUT2D eigenvalue weighted by atomic mass is 10.1. The Balaban J connectivity index is 1.31. The molecule has 2 heterocycles. The first-order chi connectivity index (χ1) is 10.9. The highest BCUT2D eigenvalue weighted by Crippen LogP contribution is 2.27. The lowest BCUT2D eigenvalue weighted by Crippen LogP contribution is -2.38. The summed E-state index contributed by atoms with van der Waals surface area (Å²) in [7, 11) is 0. The van der Waals surface area contributed by atoms with Crippen LogP contribution in [0.15, 0.2) is 24.3 Å². The third-order valence-electron chi connectivity index (χ3n) is 5.16. The van der Waals surface area contributed by atoms with Crippen molar-refractivity contribution in [3.05, 3.63) is 24.3 Å². The predicted molar refractivity (Wildman–Crippen MR) is 89.2 cm³/mol. The monoisotopic (exact) mass is 299 g/mol. The second kappa shape index (κ2) is 6.29. The molecule has 0 radical (unpaired) electrons. The Morgan fingerprint density at radius 3 is 2.64 bits per heavy atom. The second-order valence-electron chi connectivity index (χ2n) is 6.75. The number of aromatic nitrogens is 2. The summed E-state index contributed by atoms with van der Waals surface area (Å²) in [5.74, 6) is 1.84. The van der Waals surface area contributed by atoms with Crippen LogP contribution in [0.1, 0.15) is 38.5 Å². The lowest BCUT2D eigenvalue weighted by molar-refractivity contribution is 0.0163. The standard InChI is InChI=1S/C18H25N3O/c1-2-6-14(5-1)13-22-15-9-11-21(12-10-15)18-19-16-7-3-4-8-17(16)20-18/h3-4,7-8,14-15H,1-2,5-6,9-13H2,(H,19,20). The molecule has 0 spiro atoms. The van der Waals surface area contributed by atoms with Crippen LogP contribution < -0.4 is 4.90 Å². The van der Waals surface area contributed by atoms with Gasteiger partial charge in [-0.05, 0) is 43.7 Å². The first-order valence-electron chi connectivity index (χ1n) is 8.70. The van der Waals surface area contributed by atoms with Gasteiger partial charge in [0.2, 0.25) is 5.95 Å². The third-order valence-corrected chi connectivity index (χ3v) is 5.16. The molecular formula is C18H25N3O. The van der Waals surface area contributed by atoms with E-state index in [1.165, 1.54) is 25.7 Å². The summed E-state index contributed by atoms with van der Waals surface area (Å²) in [6.45, 7) is 3.06. The molecule has 2 fully saturated rings. The number of fused-ring (bicyclic) bond motifs is 1. The summed E-state index contributed by atoms with van der Waals surface area (Å²) in [5, 5.41) is 0. The van der Waals surface area contributed by atoms with Crippen LogP contribution in [0.5, 0.6) is 0 Å². The van der Waals surface area contributed by atoms with Gasteiger partial charge >= 0.3 is 0 Å². The topological polar surface area (TPSA) is 41.2 Å². The van der Waals surface area contributed by atoms with Gasteiger partial charge < -0.3 is 14.6 Å². The molecule has 4 rings (SSSR count). The van der Waals surface area contributed by atoms with Gasteiger partial charge in [-0.2, -0.15) is 0 Å². The highest BCUT2D eigenvalue weighted by Gasteiger charge is 2.23. The molecule has 1 saturated carbocycles. The molecule has 4 nitrogen and oxygen atoms in total. The fourth-order valence-electron chi connectivity index (χ4n) is 3.77. The normalized spacial score (nSPS) is 21.0. The Bertz CT molecular complexity index is 577. The van der Waals surface area contributed by atoms with Crippen LogP contribution in [0.4, 0.5) is 5.95 Å². The van der Waals surface area contributed by atoms with Crippen molar-refractivity contribution in [1.82, 2.24) is 9.97 Å². The van der Waals surface area contributed by atoms with Crippen LogP contribution in [-0.2, 0) is 4.74 Å². The Morgan fingerprint density at radius 1 is 1.09 bits per heavy atom. The zero-order chi connectivity index (χ0) is 14.8. The van der Waals surface area contributed by atoms with Gasteiger partial charge in [0.25, 0.3) is 0 Å². The molecule has 118 valence electrons. The zero-order valence-corrected chi connectivity index (χ0v) is 13.1. The number of nitrogens with one attached hydrogen (secondary N) is 1. The van der Waals surface area contributed by atoms with Crippen molar-refractivity contribution in [3.8, 4) is 0 Å². The minimum atomic E-state index is 0.446. The molecule has 22 heavy (non-hydrogen) atoms. The predicted octanol–water partition coefficient (Wildman–Crippen LogP) is 3.74. The van der Waals surface area contributed by atoms with Crippen LogP contribution >= 0.6 is 0 Å².